The molecule has 1 amide bonds. The zero-order valence-electron chi connectivity index (χ0n) is 15.3. The van der Waals surface area contributed by atoms with Gasteiger partial charge in [0.2, 0.25) is 0 Å². The zero-order chi connectivity index (χ0) is 19.5. The van der Waals surface area contributed by atoms with E-state index in [0.29, 0.717) is 31.2 Å². The molecule has 4 N–H and O–H groups in total. The molecule has 2 rings (SSSR count). The van der Waals surface area contributed by atoms with E-state index >= 15 is 0 Å². The Morgan fingerprint density at radius 1 is 1.04 bits per heavy atom. The Hall–Kier alpha value is -2.77. The summed E-state index contributed by atoms with van der Waals surface area (Å²) < 4.78 is 16.5. The summed E-state index contributed by atoms with van der Waals surface area (Å²) in [7, 11) is 0. The Morgan fingerprint density at radius 3 is 2.33 bits per heavy atom. The lowest BCUT2D eigenvalue weighted by atomic mass is 10.3. The van der Waals surface area contributed by atoms with Crippen LogP contribution in [0.3, 0.4) is 0 Å². The number of rotatable bonds is 12. The van der Waals surface area contributed by atoms with Crippen molar-refractivity contribution in [2.24, 2.45) is 5.73 Å². The first kappa shape index (κ1) is 20.5. The fourth-order valence-corrected chi connectivity index (χ4v) is 2.15. The molecular weight excluding hydrogens is 348 g/mol. The van der Waals surface area contributed by atoms with Gasteiger partial charge in [-0.15, -0.1) is 0 Å². The molecule has 7 heteroatoms. The molecule has 146 valence electrons. The quantitative estimate of drug-likeness (QED) is 0.485. The third-order valence-electron chi connectivity index (χ3n) is 3.65. The second-order valence-electron chi connectivity index (χ2n) is 5.96. The fourth-order valence-electron chi connectivity index (χ4n) is 2.15. The molecule has 0 bridgehead atoms. The van der Waals surface area contributed by atoms with E-state index in [9.17, 15) is 9.90 Å². The molecule has 0 aliphatic carbocycles. The first-order valence-electron chi connectivity index (χ1n) is 8.80. The van der Waals surface area contributed by atoms with Crippen LogP contribution in [0, 0.1) is 0 Å². The van der Waals surface area contributed by atoms with Crippen molar-refractivity contribution in [3.05, 3.63) is 54.6 Å². The summed E-state index contributed by atoms with van der Waals surface area (Å²) in [4.78, 5) is 11.0. The van der Waals surface area contributed by atoms with Gasteiger partial charge in [0.1, 0.15) is 36.6 Å². The van der Waals surface area contributed by atoms with Crippen molar-refractivity contribution in [1.82, 2.24) is 5.32 Å². The van der Waals surface area contributed by atoms with Crippen LogP contribution in [0.25, 0.3) is 0 Å². The van der Waals surface area contributed by atoms with Crippen molar-refractivity contribution >= 4 is 5.91 Å². The van der Waals surface area contributed by atoms with Crippen LogP contribution < -0.4 is 25.3 Å². The lowest BCUT2D eigenvalue weighted by molar-refractivity contribution is -0.123. The topological polar surface area (TPSA) is 103 Å². The maximum Gasteiger partial charge on any atom is 0.258 e. The minimum Gasteiger partial charge on any atom is -0.492 e. The van der Waals surface area contributed by atoms with Crippen LogP contribution in [0.5, 0.6) is 17.2 Å². The molecule has 7 nitrogen and oxygen atoms in total. The number of aliphatic hydroxyl groups excluding tert-OH is 1. The Labute approximate surface area is 159 Å². The summed E-state index contributed by atoms with van der Waals surface area (Å²) in [5.41, 5.74) is 5.16. The first-order chi connectivity index (χ1) is 13.0. The van der Waals surface area contributed by atoms with Gasteiger partial charge in [0, 0.05) is 13.1 Å². The molecule has 2 aromatic carbocycles. The second-order valence-corrected chi connectivity index (χ2v) is 5.96. The Kier molecular flexibility index (Phi) is 8.41. The van der Waals surface area contributed by atoms with Crippen molar-refractivity contribution in [2.45, 2.75) is 19.1 Å². The first-order valence-corrected chi connectivity index (χ1v) is 8.80. The van der Waals surface area contributed by atoms with E-state index in [-0.39, 0.29) is 6.61 Å². The van der Waals surface area contributed by atoms with Crippen LogP contribution in [0.15, 0.2) is 54.6 Å². The number of ether oxygens (including phenoxy) is 3. The van der Waals surface area contributed by atoms with E-state index in [4.69, 9.17) is 19.9 Å². The van der Waals surface area contributed by atoms with E-state index in [0.717, 1.165) is 5.75 Å². The molecule has 2 aromatic rings. The van der Waals surface area contributed by atoms with Crippen LogP contribution >= 0.6 is 0 Å². The average molecular weight is 374 g/mol. The van der Waals surface area contributed by atoms with Crippen molar-refractivity contribution < 1.29 is 24.1 Å². The van der Waals surface area contributed by atoms with Crippen LogP contribution in [0.2, 0.25) is 0 Å². The molecule has 0 radical (unpaired) electrons. The number of nitrogens with one attached hydrogen (secondary N) is 1. The molecule has 2 atom stereocenters. The molecule has 0 fully saturated rings. The maximum absolute atomic E-state index is 11.0. The maximum atomic E-state index is 11.0. The highest BCUT2D eigenvalue weighted by Crippen LogP contribution is 2.18. The van der Waals surface area contributed by atoms with Gasteiger partial charge in [0.15, 0.2) is 6.10 Å². The number of carbonyl (C=O) groups is 1. The predicted octanol–water partition coefficient (Wildman–Crippen LogP) is 1.35. The minimum atomic E-state index is -0.682. The summed E-state index contributed by atoms with van der Waals surface area (Å²) in [6.45, 7) is 3.26. The Bertz CT molecular complexity index is 679. The third-order valence-corrected chi connectivity index (χ3v) is 3.65. The summed E-state index contributed by atoms with van der Waals surface area (Å²) in [5.74, 6) is 1.45. The molecule has 0 saturated carbocycles. The predicted molar refractivity (Wildman–Crippen MR) is 102 cm³/mol. The summed E-state index contributed by atoms with van der Waals surface area (Å²) >= 11 is 0. The van der Waals surface area contributed by atoms with Gasteiger partial charge in [-0.2, -0.15) is 0 Å². The van der Waals surface area contributed by atoms with Gasteiger partial charge in [-0.3, -0.25) is 4.79 Å². The molecule has 0 saturated heterocycles. The number of amides is 1. The van der Waals surface area contributed by atoms with Crippen LogP contribution in [-0.4, -0.2) is 49.5 Å². The van der Waals surface area contributed by atoms with Gasteiger partial charge in [-0.05, 0) is 43.3 Å². The highest BCUT2D eigenvalue weighted by molar-refractivity contribution is 5.78. The molecule has 27 heavy (non-hydrogen) atoms. The summed E-state index contributed by atoms with van der Waals surface area (Å²) in [5, 5.41) is 13.0. The normalized spacial score (nSPS) is 12.8. The number of carbonyl (C=O) groups excluding carboxylic acids is 1. The van der Waals surface area contributed by atoms with Gasteiger partial charge in [-0.1, -0.05) is 18.2 Å². The van der Waals surface area contributed by atoms with Crippen LogP contribution in [0.4, 0.5) is 0 Å². The molecular formula is C20H26N2O5. The highest BCUT2D eigenvalue weighted by atomic mass is 16.5. The van der Waals surface area contributed by atoms with E-state index < -0.39 is 18.1 Å². The lowest BCUT2D eigenvalue weighted by Crippen LogP contribution is -2.33. The van der Waals surface area contributed by atoms with E-state index in [1.807, 2.05) is 30.3 Å². The average Bonchev–Trinajstić information content (AvgIpc) is 2.68. The van der Waals surface area contributed by atoms with Crippen molar-refractivity contribution in [3.63, 3.8) is 0 Å². The Balaban J connectivity index is 1.57. The number of nitrogens with two attached hydrogens (primary N) is 1. The lowest BCUT2D eigenvalue weighted by Gasteiger charge is -2.14. The van der Waals surface area contributed by atoms with Crippen molar-refractivity contribution in [3.8, 4) is 17.2 Å². The largest absolute Gasteiger partial charge is 0.492 e. The van der Waals surface area contributed by atoms with Gasteiger partial charge in [0.05, 0.1) is 0 Å². The third kappa shape index (κ3) is 7.98. The van der Waals surface area contributed by atoms with E-state index in [1.165, 1.54) is 0 Å². The number of para-hydroxylation sites is 1. The summed E-state index contributed by atoms with van der Waals surface area (Å²) in [6, 6.07) is 16.3. The SMILES string of the molecule is CC(Oc1ccc(OCCNCC(O)COc2ccccc2)cc1)C(N)=O. The standard InChI is InChI=1S/C20H26N2O5/c1-15(20(21)24)27-19-9-7-18(8-10-19)25-12-11-22-13-16(23)14-26-17-5-3-2-4-6-17/h2-10,15-16,22-23H,11-14H2,1H3,(H2,21,24). The molecule has 2 unspecified atom stereocenters. The highest BCUT2D eigenvalue weighted by Gasteiger charge is 2.10. The fraction of sp³-hybridized carbons (Fsp3) is 0.350. The molecule has 0 aliphatic rings. The van der Waals surface area contributed by atoms with Gasteiger partial charge in [-0.25, -0.2) is 0 Å². The molecule has 0 spiro atoms. The van der Waals surface area contributed by atoms with E-state index in [2.05, 4.69) is 5.32 Å². The van der Waals surface area contributed by atoms with E-state index in [1.54, 1.807) is 31.2 Å². The summed E-state index contributed by atoms with van der Waals surface area (Å²) in [6.07, 6.45) is -1.29. The number of primary amides is 1. The molecule has 0 aromatic heterocycles. The molecule has 0 aliphatic heterocycles. The van der Waals surface area contributed by atoms with Crippen molar-refractivity contribution in [1.29, 1.82) is 0 Å². The second kappa shape index (κ2) is 11.1. The van der Waals surface area contributed by atoms with Gasteiger partial charge < -0.3 is 30.4 Å². The minimum absolute atomic E-state index is 0.225. The number of hydrogen-bond donors (Lipinski definition) is 3. The van der Waals surface area contributed by atoms with Crippen LogP contribution in [-0.2, 0) is 4.79 Å². The van der Waals surface area contributed by atoms with Crippen LogP contribution in [0.1, 0.15) is 6.92 Å². The number of aliphatic hydroxyl groups is 1. The van der Waals surface area contributed by atoms with Crippen molar-refractivity contribution in [2.75, 3.05) is 26.3 Å². The van der Waals surface area contributed by atoms with Gasteiger partial charge >= 0.3 is 0 Å². The smallest absolute Gasteiger partial charge is 0.258 e. The number of hydrogen-bond acceptors (Lipinski definition) is 6. The zero-order valence-corrected chi connectivity index (χ0v) is 15.3. The number of benzene rings is 2. The monoisotopic (exact) mass is 374 g/mol. The molecule has 0 heterocycles. The van der Waals surface area contributed by atoms with Gasteiger partial charge in [0.25, 0.3) is 5.91 Å². The Morgan fingerprint density at radius 2 is 1.67 bits per heavy atom.